The molecule has 0 aliphatic carbocycles. The number of carbonyl (C=O) groups excluding carboxylic acids is 1. The third-order valence-corrected chi connectivity index (χ3v) is 5.01. The van der Waals surface area contributed by atoms with Gasteiger partial charge in [-0.05, 0) is 37.3 Å². The number of carbonyl (C=O) groups is 1. The smallest absolute Gasteiger partial charge is 0.222 e. The van der Waals surface area contributed by atoms with Gasteiger partial charge in [0.05, 0.1) is 0 Å². The zero-order chi connectivity index (χ0) is 12.3. The van der Waals surface area contributed by atoms with E-state index in [1.165, 1.54) is 25.7 Å². The van der Waals surface area contributed by atoms with E-state index in [-0.39, 0.29) is 0 Å². The molecule has 0 spiro atoms. The molecule has 2 aliphatic heterocycles. The first kappa shape index (κ1) is 12.9. The van der Waals surface area contributed by atoms with E-state index in [2.05, 4.69) is 24.1 Å². The maximum atomic E-state index is 12.1. The van der Waals surface area contributed by atoms with Gasteiger partial charge in [-0.2, -0.15) is 0 Å². The fraction of sp³-hybridized carbons (Fsp3) is 0.929. The van der Waals surface area contributed by atoms with E-state index in [4.69, 9.17) is 0 Å². The Kier molecular flexibility index (Phi) is 4.08. The van der Waals surface area contributed by atoms with Crippen molar-refractivity contribution in [3.8, 4) is 0 Å². The second-order valence-corrected chi connectivity index (χ2v) is 5.82. The van der Waals surface area contributed by atoms with Gasteiger partial charge in [-0.25, -0.2) is 0 Å². The minimum absolute atomic E-state index is 0.386. The highest BCUT2D eigenvalue weighted by Gasteiger charge is 2.33. The van der Waals surface area contributed by atoms with Gasteiger partial charge in [0.2, 0.25) is 5.91 Å². The Morgan fingerprint density at radius 3 is 2.24 bits per heavy atom. The summed E-state index contributed by atoms with van der Waals surface area (Å²) in [7, 11) is 0. The van der Waals surface area contributed by atoms with Crippen LogP contribution in [0.25, 0.3) is 0 Å². The van der Waals surface area contributed by atoms with Crippen molar-refractivity contribution in [2.75, 3.05) is 26.2 Å². The highest BCUT2D eigenvalue weighted by molar-refractivity contribution is 5.76. The molecule has 3 nitrogen and oxygen atoms in total. The fourth-order valence-corrected chi connectivity index (χ4v) is 3.06. The molecule has 2 saturated heterocycles. The predicted molar refractivity (Wildman–Crippen MR) is 69.8 cm³/mol. The number of piperidine rings is 1. The minimum Gasteiger partial charge on any atom is -0.343 e. The van der Waals surface area contributed by atoms with Crippen molar-refractivity contribution in [3.05, 3.63) is 0 Å². The maximum Gasteiger partial charge on any atom is 0.222 e. The highest BCUT2D eigenvalue weighted by atomic mass is 16.2. The highest BCUT2D eigenvalue weighted by Crippen LogP contribution is 2.38. The third kappa shape index (κ3) is 2.82. The number of hydrogen-bond donors (Lipinski definition) is 1. The van der Waals surface area contributed by atoms with Crippen molar-refractivity contribution in [3.63, 3.8) is 0 Å². The molecule has 1 amide bonds. The van der Waals surface area contributed by atoms with E-state index in [0.717, 1.165) is 32.6 Å². The van der Waals surface area contributed by atoms with Crippen molar-refractivity contribution in [1.82, 2.24) is 10.2 Å². The first-order valence-corrected chi connectivity index (χ1v) is 7.17. The van der Waals surface area contributed by atoms with Crippen LogP contribution in [0.5, 0.6) is 0 Å². The Bertz CT molecular complexity index is 259. The molecule has 1 N–H and O–H groups in total. The van der Waals surface area contributed by atoms with Crippen LogP contribution < -0.4 is 5.32 Å². The van der Waals surface area contributed by atoms with Crippen molar-refractivity contribution < 1.29 is 4.79 Å². The Labute approximate surface area is 105 Å². The predicted octanol–water partition coefficient (Wildman–Crippen LogP) is 2.02. The Morgan fingerprint density at radius 2 is 1.82 bits per heavy atom. The Hall–Kier alpha value is -0.570. The van der Waals surface area contributed by atoms with E-state index < -0.39 is 0 Å². The largest absolute Gasteiger partial charge is 0.343 e. The zero-order valence-electron chi connectivity index (χ0n) is 11.3. The number of nitrogens with zero attached hydrogens (tertiary/aromatic N) is 1. The summed E-state index contributed by atoms with van der Waals surface area (Å²) in [5, 5.41) is 3.23. The van der Waals surface area contributed by atoms with Crippen LogP contribution in [0.2, 0.25) is 0 Å². The molecule has 0 bridgehead atoms. The summed E-state index contributed by atoms with van der Waals surface area (Å²) in [6.45, 7) is 8.63. The number of hydrogen-bond acceptors (Lipinski definition) is 2. The van der Waals surface area contributed by atoms with Crippen LogP contribution in [0, 0.1) is 11.3 Å². The summed E-state index contributed by atoms with van der Waals surface area (Å²) < 4.78 is 0. The van der Waals surface area contributed by atoms with Gasteiger partial charge in [0.15, 0.2) is 0 Å². The third-order valence-electron chi connectivity index (χ3n) is 5.01. The summed E-state index contributed by atoms with van der Waals surface area (Å²) >= 11 is 0. The SMILES string of the molecule is CCC1(CC)CCN(C(=O)CC2CNC2)CC1. The van der Waals surface area contributed by atoms with Gasteiger partial charge in [0, 0.05) is 19.5 Å². The van der Waals surface area contributed by atoms with Gasteiger partial charge < -0.3 is 10.2 Å². The van der Waals surface area contributed by atoms with Gasteiger partial charge in [0.25, 0.3) is 0 Å². The lowest BCUT2D eigenvalue weighted by molar-refractivity contribution is -0.135. The molecule has 2 heterocycles. The molecule has 0 aromatic carbocycles. The Balaban J connectivity index is 1.79. The van der Waals surface area contributed by atoms with Crippen LogP contribution in [-0.2, 0) is 4.79 Å². The monoisotopic (exact) mass is 238 g/mol. The van der Waals surface area contributed by atoms with Crippen LogP contribution in [0.4, 0.5) is 0 Å². The average Bonchev–Trinajstić information content (AvgIpc) is 2.33. The molecule has 0 radical (unpaired) electrons. The Morgan fingerprint density at radius 1 is 1.24 bits per heavy atom. The van der Waals surface area contributed by atoms with Crippen molar-refractivity contribution in [2.24, 2.45) is 11.3 Å². The lowest BCUT2D eigenvalue weighted by Gasteiger charge is -2.41. The first-order chi connectivity index (χ1) is 8.19. The summed E-state index contributed by atoms with van der Waals surface area (Å²) in [6.07, 6.45) is 5.69. The molecular weight excluding hydrogens is 212 g/mol. The second kappa shape index (κ2) is 5.38. The topological polar surface area (TPSA) is 32.3 Å². The molecular formula is C14H26N2O. The number of likely N-dealkylation sites (tertiary alicyclic amines) is 1. The standard InChI is InChI=1S/C14H26N2O/c1-3-14(4-2)5-7-16(8-6-14)13(17)9-12-10-15-11-12/h12,15H,3-11H2,1-2H3. The molecule has 3 heteroatoms. The quantitative estimate of drug-likeness (QED) is 0.812. The van der Waals surface area contributed by atoms with Crippen molar-refractivity contribution in [2.45, 2.75) is 46.0 Å². The van der Waals surface area contributed by atoms with Crippen LogP contribution >= 0.6 is 0 Å². The molecule has 0 unspecified atom stereocenters. The second-order valence-electron chi connectivity index (χ2n) is 5.82. The number of rotatable bonds is 4. The molecule has 2 rings (SSSR count). The summed E-state index contributed by atoms with van der Waals surface area (Å²) in [5.41, 5.74) is 0.523. The molecule has 0 saturated carbocycles. The molecule has 17 heavy (non-hydrogen) atoms. The average molecular weight is 238 g/mol. The normalized spacial score (nSPS) is 24.5. The lowest BCUT2D eigenvalue weighted by Crippen LogP contribution is -2.47. The maximum absolute atomic E-state index is 12.1. The minimum atomic E-state index is 0.386. The summed E-state index contributed by atoms with van der Waals surface area (Å²) in [6, 6.07) is 0. The van der Waals surface area contributed by atoms with Crippen LogP contribution in [0.15, 0.2) is 0 Å². The molecule has 2 fully saturated rings. The van der Waals surface area contributed by atoms with Crippen molar-refractivity contribution in [1.29, 1.82) is 0 Å². The van der Waals surface area contributed by atoms with Gasteiger partial charge in [-0.1, -0.05) is 26.7 Å². The molecule has 0 aromatic heterocycles. The van der Waals surface area contributed by atoms with Gasteiger partial charge in [-0.3, -0.25) is 4.79 Å². The zero-order valence-corrected chi connectivity index (χ0v) is 11.3. The molecule has 2 aliphatic rings. The molecule has 0 atom stereocenters. The van der Waals surface area contributed by atoms with E-state index in [1.807, 2.05) is 0 Å². The van der Waals surface area contributed by atoms with E-state index >= 15 is 0 Å². The van der Waals surface area contributed by atoms with Crippen LogP contribution in [0.1, 0.15) is 46.0 Å². The summed E-state index contributed by atoms with van der Waals surface area (Å²) in [4.78, 5) is 14.2. The van der Waals surface area contributed by atoms with Gasteiger partial charge >= 0.3 is 0 Å². The number of amides is 1. The fourth-order valence-electron chi connectivity index (χ4n) is 3.06. The molecule has 0 aromatic rings. The van der Waals surface area contributed by atoms with E-state index in [1.54, 1.807) is 0 Å². The van der Waals surface area contributed by atoms with Crippen LogP contribution in [0.3, 0.4) is 0 Å². The van der Waals surface area contributed by atoms with Gasteiger partial charge in [0.1, 0.15) is 0 Å². The van der Waals surface area contributed by atoms with Gasteiger partial charge in [-0.15, -0.1) is 0 Å². The summed E-state index contributed by atoms with van der Waals surface area (Å²) in [5.74, 6) is 0.990. The van der Waals surface area contributed by atoms with E-state index in [9.17, 15) is 4.79 Å². The van der Waals surface area contributed by atoms with E-state index in [0.29, 0.717) is 17.2 Å². The lowest BCUT2D eigenvalue weighted by atomic mass is 9.74. The number of nitrogens with one attached hydrogen (secondary N) is 1. The molecule has 98 valence electrons. The first-order valence-electron chi connectivity index (χ1n) is 7.17. The van der Waals surface area contributed by atoms with Crippen LogP contribution in [-0.4, -0.2) is 37.0 Å². The van der Waals surface area contributed by atoms with Crippen molar-refractivity contribution >= 4 is 5.91 Å².